The lowest BCUT2D eigenvalue weighted by Crippen LogP contribution is -2.49. The lowest BCUT2D eigenvalue weighted by atomic mass is 9.64. The van der Waals surface area contributed by atoms with Gasteiger partial charge in [0.05, 0.1) is 28.1 Å². The Morgan fingerprint density at radius 1 is 1.14 bits per heavy atom. The van der Waals surface area contributed by atoms with Gasteiger partial charge in [0.15, 0.2) is 0 Å². The summed E-state index contributed by atoms with van der Waals surface area (Å²) in [5, 5.41) is 11.4. The van der Waals surface area contributed by atoms with Crippen LogP contribution in [0.3, 0.4) is 0 Å². The number of aryl methyl sites for hydroxylation is 1. The van der Waals surface area contributed by atoms with Crippen LogP contribution in [0.15, 0.2) is 36.4 Å². The molecule has 234 valence electrons. The molecule has 6 nitrogen and oxygen atoms in total. The second-order valence-corrected chi connectivity index (χ2v) is 16.8. The van der Waals surface area contributed by atoms with E-state index in [4.69, 9.17) is 16.3 Å². The van der Waals surface area contributed by atoms with Crippen LogP contribution >= 0.6 is 11.6 Å². The van der Waals surface area contributed by atoms with E-state index in [-0.39, 0.29) is 34.5 Å². The molecule has 2 bridgehead atoms. The van der Waals surface area contributed by atoms with Crippen molar-refractivity contribution in [2.75, 3.05) is 24.6 Å². The molecule has 8 heteroatoms. The van der Waals surface area contributed by atoms with Gasteiger partial charge in [-0.05, 0) is 130 Å². The van der Waals surface area contributed by atoms with Gasteiger partial charge in [0.2, 0.25) is 0 Å². The van der Waals surface area contributed by atoms with E-state index < -0.39 is 9.71 Å². The maximum absolute atomic E-state index is 13.7. The zero-order valence-corrected chi connectivity index (χ0v) is 27.4. The summed E-state index contributed by atoms with van der Waals surface area (Å²) in [6.45, 7) is 8.16. The number of rotatable bonds is 1. The van der Waals surface area contributed by atoms with Crippen LogP contribution in [0, 0.1) is 23.7 Å². The van der Waals surface area contributed by atoms with Crippen molar-refractivity contribution in [3.63, 3.8) is 0 Å². The van der Waals surface area contributed by atoms with Crippen molar-refractivity contribution < 1.29 is 18.8 Å². The Labute approximate surface area is 262 Å². The summed E-state index contributed by atoms with van der Waals surface area (Å²) in [6, 6.07) is 11.9. The van der Waals surface area contributed by atoms with Gasteiger partial charge in [-0.15, -0.1) is 0 Å². The van der Waals surface area contributed by atoms with Crippen molar-refractivity contribution in [1.82, 2.24) is 4.72 Å². The number of aliphatic hydroxyl groups excluding tert-OH is 1. The van der Waals surface area contributed by atoms with Crippen molar-refractivity contribution in [1.29, 1.82) is 0 Å². The first-order valence-electron chi connectivity index (χ1n) is 16.1. The van der Waals surface area contributed by atoms with Crippen LogP contribution in [0.25, 0.3) is 0 Å². The second kappa shape index (κ2) is 11.9. The number of hydrogen-bond donors (Lipinski definition) is 2. The number of fused-ring (bicyclic) bond motifs is 4. The van der Waals surface area contributed by atoms with Crippen molar-refractivity contribution in [3.8, 4) is 5.75 Å². The molecule has 1 saturated carbocycles. The van der Waals surface area contributed by atoms with Gasteiger partial charge in [-0.2, -0.15) is 0 Å². The van der Waals surface area contributed by atoms with Gasteiger partial charge in [-0.25, -0.2) is 4.21 Å². The summed E-state index contributed by atoms with van der Waals surface area (Å²) in [7, 11) is -2.88. The average molecular weight is 627 g/mol. The molecule has 2 aliphatic heterocycles. The smallest absolute Gasteiger partial charge is 0.262 e. The number of hydrogen-bond acceptors (Lipinski definition) is 5. The Morgan fingerprint density at radius 2 is 1.95 bits per heavy atom. The molecule has 4 aliphatic rings. The summed E-state index contributed by atoms with van der Waals surface area (Å²) in [5.74, 6) is 5.68. The van der Waals surface area contributed by atoms with Crippen LogP contribution in [0.1, 0.15) is 87.2 Å². The van der Waals surface area contributed by atoms with Crippen molar-refractivity contribution in [2.24, 2.45) is 23.7 Å². The van der Waals surface area contributed by atoms with E-state index in [1.54, 1.807) is 6.07 Å². The van der Waals surface area contributed by atoms with E-state index in [0.717, 1.165) is 80.9 Å². The molecule has 1 fully saturated rings. The molecule has 43 heavy (non-hydrogen) atoms. The third-order valence-electron chi connectivity index (χ3n) is 11.3. The Morgan fingerprint density at radius 3 is 2.70 bits per heavy atom. The summed E-state index contributed by atoms with van der Waals surface area (Å²) < 4.78 is 23.1. The van der Waals surface area contributed by atoms with Gasteiger partial charge in [0.25, 0.3) is 5.91 Å². The zero-order chi connectivity index (χ0) is 30.5. The summed E-state index contributed by atoms with van der Waals surface area (Å²) in [5.41, 5.74) is 3.79. The van der Waals surface area contributed by atoms with Gasteiger partial charge in [0.1, 0.15) is 5.75 Å². The number of anilines is 1. The summed E-state index contributed by atoms with van der Waals surface area (Å²) >= 11 is 6.43. The zero-order valence-electron chi connectivity index (χ0n) is 25.8. The quantitative estimate of drug-likeness (QED) is 0.358. The molecule has 2 aliphatic carbocycles. The largest absolute Gasteiger partial charge is 0.490 e. The first kappa shape index (κ1) is 30.8. The highest BCUT2D eigenvalue weighted by Gasteiger charge is 2.45. The number of amides is 1. The minimum atomic E-state index is -2.88. The molecule has 2 aromatic carbocycles. The van der Waals surface area contributed by atoms with Crippen LogP contribution in [0.2, 0.25) is 5.02 Å². The monoisotopic (exact) mass is 626 g/mol. The SMILES string of the molecule is C=S1(=O)NC(=O)c2ccc3c(c2)N(C[C@@H]2CC[C@H]2[C@@H]([C@@H](C)O)CCC[C@H](C)[C@H]1C)C[C@@]1(CCCc2cc(Cl)ccc21)CO3. The van der Waals surface area contributed by atoms with Gasteiger partial charge in [0, 0.05) is 34.3 Å². The predicted octanol–water partition coefficient (Wildman–Crippen LogP) is 6.41. The fraction of sp³-hybridized carbons (Fsp3) is 0.600. The number of nitrogens with zero attached hydrogens (tertiary/aromatic N) is 1. The van der Waals surface area contributed by atoms with Crippen LogP contribution < -0.4 is 14.4 Å². The van der Waals surface area contributed by atoms with E-state index in [2.05, 4.69) is 34.5 Å². The van der Waals surface area contributed by atoms with E-state index >= 15 is 0 Å². The van der Waals surface area contributed by atoms with Crippen LogP contribution in [0.4, 0.5) is 5.69 Å². The van der Waals surface area contributed by atoms with E-state index in [1.165, 1.54) is 11.1 Å². The maximum atomic E-state index is 13.7. The molecule has 6 rings (SSSR count). The molecule has 8 atom stereocenters. The molecule has 1 amide bonds. The Kier molecular flexibility index (Phi) is 8.55. The number of nitrogens with one attached hydrogen (secondary N) is 1. The molecule has 0 saturated heterocycles. The second-order valence-electron chi connectivity index (χ2n) is 14.0. The number of ether oxygens (including phenoxy) is 1. The first-order valence-corrected chi connectivity index (χ1v) is 18.3. The number of carbonyl (C=O) groups is 1. The van der Waals surface area contributed by atoms with Gasteiger partial charge >= 0.3 is 0 Å². The van der Waals surface area contributed by atoms with Crippen LogP contribution in [0.5, 0.6) is 5.75 Å². The highest BCUT2D eigenvalue weighted by Crippen LogP contribution is 2.48. The molecule has 2 N–H and O–H groups in total. The fourth-order valence-corrected chi connectivity index (χ4v) is 10.0. The van der Waals surface area contributed by atoms with Gasteiger partial charge in [-0.3, -0.25) is 9.52 Å². The number of benzene rings is 2. The van der Waals surface area contributed by atoms with Crippen molar-refractivity contribution in [3.05, 3.63) is 58.1 Å². The number of carbonyl (C=O) groups excluding carboxylic acids is 1. The highest BCUT2D eigenvalue weighted by molar-refractivity contribution is 7.99. The molecule has 1 spiro atoms. The third kappa shape index (κ3) is 5.94. The molecule has 0 aromatic heterocycles. The fourth-order valence-electron chi connectivity index (χ4n) is 8.33. The molecule has 2 heterocycles. The van der Waals surface area contributed by atoms with Gasteiger partial charge < -0.3 is 14.7 Å². The van der Waals surface area contributed by atoms with Crippen LogP contribution in [-0.4, -0.2) is 52.1 Å². The van der Waals surface area contributed by atoms with E-state index in [9.17, 15) is 14.1 Å². The minimum Gasteiger partial charge on any atom is -0.490 e. The molecule has 1 unspecified atom stereocenters. The van der Waals surface area contributed by atoms with Crippen LogP contribution in [-0.2, 0) is 21.5 Å². The lowest BCUT2D eigenvalue weighted by molar-refractivity contribution is 0.0112. The van der Waals surface area contributed by atoms with Crippen molar-refractivity contribution >= 4 is 38.8 Å². The summed E-state index contributed by atoms with van der Waals surface area (Å²) in [6.07, 6.45) is 7.78. The summed E-state index contributed by atoms with van der Waals surface area (Å²) in [4.78, 5) is 16.0. The van der Waals surface area contributed by atoms with Gasteiger partial charge in [-0.1, -0.05) is 31.0 Å². The highest BCUT2D eigenvalue weighted by atomic mass is 35.5. The third-order valence-corrected chi connectivity index (χ3v) is 13.7. The molecule has 0 radical (unpaired) electrons. The molecular weight excluding hydrogens is 580 g/mol. The predicted molar refractivity (Wildman–Crippen MR) is 177 cm³/mol. The topological polar surface area (TPSA) is 78.9 Å². The Balaban J connectivity index is 1.42. The Hall–Kier alpha value is -2.22. The first-order chi connectivity index (χ1) is 20.5. The number of halogens is 1. The van der Waals surface area contributed by atoms with E-state index in [1.807, 2.05) is 32.0 Å². The maximum Gasteiger partial charge on any atom is 0.262 e. The van der Waals surface area contributed by atoms with E-state index in [0.29, 0.717) is 24.0 Å². The lowest BCUT2D eigenvalue weighted by Gasteiger charge is -2.47. The normalized spacial score (nSPS) is 35.4. The minimum absolute atomic E-state index is 0.130. The molecular formula is C35H47ClN2O4S. The standard InChI is InChI=1S/C35H47ClN2O4S/c1-22-7-5-9-29(23(2)39)30-13-10-27(30)19-38-20-35(16-6-8-25-17-28(36)12-14-31(25)35)21-42-33-15-11-26(18-32(33)38)34(40)37-43(4,41)24(22)3/h11-12,14-15,17-18,22-24,27,29-30,39H,4-10,13,16,19-21H2,1-3H3,(H,37,40,41)/t22-,23+,24+,27-,29+,30+,35-,43?/m0/s1. The Bertz CT molecular complexity index is 1480. The van der Waals surface area contributed by atoms with Crippen molar-refractivity contribution in [2.45, 2.75) is 88.9 Å². The average Bonchev–Trinajstić information content (AvgIpc) is 3.10. The molecule has 2 aromatic rings. The number of aliphatic hydroxyl groups is 1.